The zero-order valence-electron chi connectivity index (χ0n) is 26.7. The molecule has 2 aromatic heterocycles. The van der Waals surface area contributed by atoms with Gasteiger partial charge < -0.3 is 9.13 Å². The van der Waals surface area contributed by atoms with E-state index in [1.54, 1.807) is 0 Å². The van der Waals surface area contributed by atoms with Crippen LogP contribution >= 0.6 is 0 Å². The first-order valence-corrected chi connectivity index (χ1v) is 16.3. The van der Waals surface area contributed by atoms with E-state index in [2.05, 4.69) is 118 Å². The summed E-state index contributed by atoms with van der Waals surface area (Å²) >= 11 is 0. The molecule has 0 atom stereocenters. The highest BCUT2D eigenvalue weighted by atomic mass is 15.0. The van der Waals surface area contributed by atoms with Gasteiger partial charge >= 0.3 is 0 Å². The van der Waals surface area contributed by atoms with Crippen LogP contribution in [0.1, 0.15) is 16.7 Å². The smallest absolute Gasteiger partial charge is 0.0998 e. The van der Waals surface area contributed by atoms with Crippen LogP contribution in [0.4, 0.5) is 0 Å². The van der Waals surface area contributed by atoms with Crippen LogP contribution in [0.15, 0.2) is 152 Å². The predicted octanol–water partition coefficient (Wildman–Crippen LogP) is 10.8. The molecule has 0 N–H and O–H groups in total. The van der Waals surface area contributed by atoms with E-state index >= 15 is 0 Å². The highest BCUT2D eigenvalue weighted by Gasteiger charge is 2.21. The first-order chi connectivity index (χ1) is 24.7. The van der Waals surface area contributed by atoms with Gasteiger partial charge in [-0.25, -0.2) is 0 Å². The Morgan fingerprint density at radius 2 is 1.02 bits per heavy atom. The monoisotopic (exact) mass is 635 g/mol. The van der Waals surface area contributed by atoms with E-state index in [-0.39, 0.29) is 0 Å². The Balaban J connectivity index is 1.31. The molecule has 5 heteroatoms. The van der Waals surface area contributed by atoms with Gasteiger partial charge in [-0.05, 0) is 77.9 Å². The second-order valence-corrected chi connectivity index (χ2v) is 12.3. The number of benzene rings is 7. The van der Waals surface area contributed by atoms with Gasteiger partial charge in [0, 0.05) is 38.4 Å². The molecule has 0 aliphatic rings. The predicted molar refractivity (Wildman–Crippen MR) is 200 cm³/mol. The fourth-order valence-electron chi connectivity index (χ4n) is 7.50. The number of aromatic nitrogens is 2. The highest BCUT2D eigenvalue weighted by molar-refractivity contribution is 6.11. The van der Waals surface area contributed by atoms with Crippen molar-refractivity contribution >= 4 is 43.6 Å². The number of hydrogen-bond acceptors (Lipinski definition) is 3. The zero-order valence-corrected chi connectivity index (χ0v) is 26.7. The van der Waals surface area contributed by atoms with Crippen molar-refractivity contribution in [2.24, 2.45) is 0 Å². The minimum atomic E-state index is 0.550. The second kappa shape index (κ2) is 11.4. The number of para-hydroxylation sites is 3. The van der Waals surface area contributed by atoms with Gasteiger partial charge in [0.15, 0.2) is 0 Å². The van der Waals surface area contributed by atoms with E-state index in [1.807, 2.05) is 60.7 Å². The number of nitrogens with zero attached hydrogens (tertiary/aromatic N) is 5. The lowest BCUT2D eigenvalue weighted by Gasteiger charge is -2.18. The summed E-state index contributed by atoms with van der Waals surface area (Å²) in [5.41, 5.74) is 11.3. The van der Waals surface area contributed by atoms with Crippen molar-refractivity contribution in [2.75, 3.05) is 0 Å². The molecule has 0 unspecified atom stereocenters. The van der Waals surface area contributed by atoms with Crippen molar-refractivity contribution in [2.45, 2.75) is 0 Å². The minimum absolute atomic E-state index is 0.550. The van der Waals surface area contributed by atoms with E-state index in [9.17, 15) is 15.8 Å². The second-order valence-electron chi connectivity index (χ2n) is 12.3. The van der Waals surface area contributed by atoms with Crippen molar-refractivity contribution in [1.29, 1.82) is 15.8 Å². The Morgan fingerprint density at radius 3 is 1.78 bits per heavy atom. The summed E-state index contributed by atoms with van der Waals surface area (Å²) in [7, 11) is 0. The maximum atomic E-state index is 10.5. The van der Waals surface area contributed by atoms with E-state index in [0.29, 0.717) is 16.7 Å². The fraction of sp³-hybridized carbons (Fsp3) is 0. The molecule has 230 valence electrons. The van der Waals surface area contributed by atoms with Crippen LogP contribution in [0.5, 0.6) is 0 Å². The van der Waals surface area contributed by atoms with Gasteiger partial charge in [0.1, 0.15) is 0 Å². The molecule has 5 nitrogen and oxygen atoms in total. The van der Waals surface area contributed by atoms with Crippen molar-refractivity contribution < 1.29 is 0 Å². The third-order valence-electron chi connectivity index (χ3n) is 9.62. The highest BCUT2D eigenvalue weighted by Crippen LogP contribution is 2.42. The van der Waals surface area contributed by atoms with Crippen LogP contribution in [-0.4, -0.2) is 9.13 Å². The average Bonchev–Trinajstić information content (AvgIpc) is 3.69. The van der Waals surface area contributed by atoms with Gasteiger partial charge in [-0.1, -0.05) is 84.9 Å². The van der Waals surface area contributed by atoms with Crippen LogP contribution in [0.3, 0.4) is 0 Å². The molecule has 0 spiro atoms. The quantitative estimate of drug-likeness (QED) is 0.193. The van der Waals surface area contributed by atoms with Gasteiger partial charge in [0.05, 0.1) is 62.7 Å². The summed E-state index contributed by atoms with van der Waals surface area (Å²) in [5.74, 6) is 0. The molecule has 0 aliphatic carbocycles. The van der Waals surface area contributed by atoms with Crippen LogP contribution in [0, 0.1) is 34.0 Å². The number of nitriles is 3. The molecule has 0 amide bonds. The molecular formula is C45H25N5. The number of fused-ring (bicyclic) bond motifs is 6. The van der Waals surface area contributed by atoms with Gasteiger partial charge in [-0.15, -0.1) is 0 Å². The van der Waals surface area contributed by atoms with Gasteiger partial charge in [0.2, 0.25) is 0 Å². The lowest BCUT2D eigenvalue weighted by Crippen LogP contribution is -2.00. The SMILES string of the molecule is N#Cc1ccc2c(c1)c1ccc(C#N)cc1n2-c1ccccc1-c1cccc(C#N)c1-c1cccc(-n2c3ccccc3c3ccccc32)c1. The Bertz CT molecular complexity index is 2920. The molecule has 2 heterocycles. The molecule has 0 radical (unpaired) electrons. The van der Waals surface area contributed by atoms with Crippen LogP contribution < -0.4 is 0 Å². The molecule has 0 saturated heterocycles. The normalized spacial score (nSPS) is 11.1. The Hall–Kier alpha value is -7.39. The van der Waals surface area contributed by atoms with E-state index in [1.165, 1.54) is 10.8 Å². The number of hydrogen-bond donors (Lipinski definition) is 0. The van der Waals surface area contributed by atoms with Crippen molar-refractivity contribution in [3.63, 3.8) is 0 Å². The minimum Gasteiger partial charge on any atom is -0.309 e. The topological polar surface area (TPSA) is 81.2 Å². The first-order valence-electron chi connectivity index (χ1n) is 16.3. The molecule has 7 aromatic carbocycles. The largest absolute Gasteiger partial charge is 0.309 e. The molecule has 9 aromatic rings. The summed E-state index contributed by atoms with van der Waals surface area (Å²) in [4.78, 5) is 0. The lowest BCUT2D eigenvalue weighted by atomic mass is 9.89. The summed E-state index contributed by atoms with van der Waals surface area (Å²) < 4.78 is 4.45. The first kappa shape index (κ1) is 28.8. The molecule has 50 heavy (non-hydrogen) atoms. The summed E-state index contributed by atoms with van der Waals surface area (Å²) in [6.07, 6.45) is 0. The number of rotatable bonds is 4. The van der Waals surface area contributed by atoms with E-state index in [4.69, 9.17) is 0 Å². The molecule has 0 bridgehead atoms. The Morgan fingerprint density at radius 1 is 0.400 bits per heavy atom. The van der Waals surface area contributed by atoms with Gasteiger partial charge in [-0.2, -0.15) is 15.8 Å². The van der Waals surface area contributed by atoms with Crippen LogP contribution in [-0.2, 0) is 0 Å². The van der Waals surface area contributed by atoms with Crippen LogP contribution in [0.25, 0.3) is 77.2 Å². The Kier molecular flexibility index (Phi) is 6.56. The van der Waals surface area contributed by atoms with Crippen LogP contribution in [0.2, 0.25) is 0 Å². The maximum absolute atomic E-state index is 10.5. The third kappa shape index (κ3) is 4.31. The third-order valence-corrected chi connectivity index (χ3v) is 9.62. The molecule has 0 aliphatic heterocycles. The standard InChI is InChI=1S/C45H25N5/c46-26-29-20-22-43-39(23-29)37-21-19-30(27-47)24-44(37)50(43)42-18-6-3-14-36(42)38-15-8-10-32(28-48)45(38)31-9-7-11-33(25-31)49-40-16-4-1-12-34(40)35-13-2-5-17-41(35)49/h1-25H. The van der Waals surface area contributed by atoms with Crippen molar-refractivity contribution in [3.05, 3.63) is 168 Å². The zero-order chi connectivity index (χ0) is 33.8. The average molecular weight is 636 g/mol. The van der Waals surface area contributed by atoms with Gasteiger partial charge in [0.25, 0.3) is 0 Å². The van der Waals surface area contributed by atoms with Gasteiger partial charge in [-0.3, -0.25) is 0 Å². The maximum Gasteiger partial charge on any atom is 0.0998 e. The van der Waals surface area contributed by atoms with E-state index < -0.39 is 0 Å². The molecule has 0 fully saturated rings. The molecule has 0 saturated carbocycles. The summed E-state index contributed by atoms with van der Waals surface area (Å²) in [6.45, 7) is 0. The van der Waals surface area contributed by atoms with E-state index in [0.717, 1.165) is 66.5 Å². The van der Waals surface area contributed by atoms with Crippen molar-refractivity contribution in [3.8, 4) is 51.8 Å². The molecular weight excluding hydrogens is 611 g/mol. The molecule has 9 rings (SSSR count). The Labute approximate surface area is 287 Å². The summed E-state index contributed by atoms with van der Waals surface area (Å²) in [5, 5.41) is 34.3. The van der Waals surface area contributed by atoms with Crippen molar-refractivity contribution in [1.82, 2.24) is 9.13 Å². The lowest BCUT2D eigenvalue weighted by molar-refractivity contribution is 1.18. The summed E-state index contributed by atoms with van der Waals surface area (Å²) in [6, 6.07) is 57.8. The fourth-order valence-corrected chi connectivity index (χ4v) is 7.50.